The molecule has 0 saturated carbocycles. The first kappa shape index (κ1) is 34.3. The van der Waals surface area contributed by atoms with Gasteiger partial charge in [-0.05, 0) is 10.8 Å². The van der Waals surface area contributed by atoms with Gasteiger partial charge in [-0.15, -0.1) is 39.7 Å². The molecule has 4 aromatic rings. The molecule has 5 rings (SSSR count). The summed E-state index contributed by atoms with van der Waals surface area (Å²) in [5.74, 6) is 0.518. The molecule has 220 valence electrons. The number of benzene rings is 3. The topological polar surface area (TPSA) is 0 Å². The van der Waals surface area contributed by atoms with E-state index < -0.39 is 0 Å². The van der Waals surface area contributed by atoms with Crippen LogP contribution in [0.5, 0.6) is 0 Å². The number of hydrogen-bond acceptors (Lipinski definition) is 0. The molecule has 0 spiro atoms. The van der Waals surface area contributed by atoms with E-state index in [0.717, 1.165) is 0 Å². The summed E-state index contributed by atoms with van der Waals surface area (Å²) >= 11 is 1.54. The molecule has 0 radical (unpaired) electrons. The second-order valence-corrected chi connectivity index (χ2v) is 16.3. The van der Waals surface area contributed by atoms with Gasteiger partial charge in [0.2, 0.25) is 0 Å². The van der Waals surface area contributed by atoms with E-state index in [1.54, 1.807) is 3.21 Å². The van der Waals surface area contributed by atoms with E-state index in [-0.39, 0.29) is 10.8 Å². The molecule has 0 bridgehead atoms. The van der Waals surface area contributed by atoms with Gasteiger partial charge in [0.1, 0.15) is 0 Å². The SMILES string of the molecule is CC(C)(C)c1ccc2c(c1)[cH-]c1cc(C(C)(C)C)ccc12.CC1=[C-]C(C)C=C1C(C)(C)C.CC[C](=[Zr+2])c1ccccc1. The Balaban J connectivity index is 0.000000194. The van der Waals surface area contributed by atoms with E-state index in [0.29, 0.717) is 11.3 Å². The minimum atomic E-state index is 0.203. The van der Waals surface area contributed by atoms with Gasteiger partial charge in [-0.25, -0.2) is 5.57 Å². The van der Waals surface area contributed by atoms with Crippen molar-refractivity contribution in [2.45, 2.75) is 100 Å². The Morgan fingerprint density at radius 2 is 1.21 bits per heavy atom. The van der Waals surface area contributed by atoms with Crippen LogP contribution in [0, 0.1) is 17.4 Å². The maximum absolute atomic E-state index is 3.40. The van der Waals surface area contributed by atoms with Crippen LogP contribution < -0.4 is 0 Å². The number of allylic oxidation sites excluding steroid dienone is 4. The number of fused-ring (bicyclic) bond motifs is 3. The van der Waals surface area contributed by atoms with Crippen LogP contribution in [0.1, 0.15) is 106 Å². The average Bonchev–Trinajstić information content (AvgIpc) is 3.46. The quantitative estimate of drug-likeness (QED) is 0.192. The molecule has 0 aromatic heterocycles. The van der Waals surface area contributed by atoms with Gasteiger partial charge in [0, 0.05) is 0 Å². The summed E-state index contributed by atoms with van der Waals surface area (Å²) < 4.78 is 1.55. The normalized spacial score (nSPS) is 15.4. The summed E-state index contributed by atoms with van der Waals surface area (Å²) in [6.07, 6.45) is 6.90. The molecule has 0 nitrogen and oxygen atoms in total. The number of hydrogen-bond donors (Lipinski definition) is 0. The predicted octanol–water partition coefficient (Wildman–Crippen LogP) is 11.8. The molecule has 42 heavy (non-hydrogen) atoms. The van der Waals surface area contributed by atoms with Crippen LogP contribution in [-0.2, 0) is 35.1 Å². The summed E-state index contributed by atoms with van der Waals surface area (Å²) in [5.41, 5.74) is 7.71. The fraction of sp³-hybridized carbons (Fsp3) is 0.415. The summed E-state index contributed by atoms with van der Waals surface area (Å²) in [6, 6.07) is 26.8. The second-order valence-electron chi connectivity index (χ2n) is 14.8. The first-order valence-corrected chi connectivity index (χ1v) is 16.7. The Labute approximate surface area is 272 Å². The van der Waals surface area contributed by atoms with Crippen molar-refractivity contribution >= 4 is 24.8 Å². The van der Waals surface area contributed by atoms with Gasteiger partial charge in [0.15, 0.2) is 0 Å². The maximum atomic E-state index is 3.40. The Morgan fingerprint density at radius 3 is 1.55 bits per heavy atom. The van der Waals surface area contributed by atoms with Gasteiger partial charge < -0.3 is 0 Å². The average molecular weight is 636 g/mol. The van der Waals surface area contributed by atoms with Crippen LogP contribution in [0.2, 0.25) is 0 Å². The predicted molar refractivity (Wildman–Crippen MR) is 184 cm³/mol. The summed E-state index contributed by atoms with van der Waals surface area (Å²) in [5, 5.41) is 5.48. The van der Waals surface area contributed by atoms with Crippen LogP contribution in [0.25, 0.3) is 21.5 Å². The van der Waals surface area contributed by atoms with E-state index in [2.05, 4.69) is 168 Å². The van der Waals surface area contributed by atoms with Crippen molar-refractivity contribution < 1.29 is 24.2 Å². The standard InChI is InChI=1S/C21H25.C11H17.C9H10.Zr/c1-20(2,3)16-7-9-18-14(12-16)11-15-13-17(21(4,5)6)8-10-19(15)18;1-8-6-9(2)10(7-8)11(3,4)5;1-2-6-9-7-4-3-5-8-9;/h7-13H,1-6H3;7-8H,1-5H3;3-5,7-8H,2H2,1H3;/q2*-1;;+2. The van der Waals surface area contributed by atoms with Gasteiger partial charge in [0.25, 0.3) is 0 Å². The summed E-state index contributed by atoms with van der Waals surface area (Å²) in [4.78, 5) is 0. The molecule has 0 fully saturated rings. The van der Waals surface area contributed by atoms with Crippen LogP contribution in [0.4, 0.5) is 0 Å². The molecule has 0 aliphatic heterocycles. The third-order valence-electron chi connectivity index (χ3n) is 7.99. The Kier molecular flexibility index (Phi) is 11.1. The molecule has 0 amide bonds. The third-order valence-corrected chi connectivity index (χ3v) is 9.56. The zero-order chi connectivity index (χ0) is 31.5. The summed E-state index contributed by atoms with van der Waals surface area (Å²) in [6.45, 7) is 26.9. The van der Waals surface area contributed by atoms with E-state index in [1.165, 1.54) is 80.0 Å². The molecule has 0 saturated heterocycles. The molecule has 1 aliphatic carbocycles. The van der Waals surface area contributed by atoms with E-state index in [1.807, 2.05) is 0 Å². The molecule has 1 atom stereocenters. The molecule has 1 aliphatic rings. The van der Waals surface area contributed by atoms with Gasteiger partial charge in [0.05, 0.1) is 0 Å². The molecule has 1 unspecified atom stereocenters. The Bertz CT molecular complexity index is 1500. The van der Waals surface area contributed by atoms with Gasteiger partial charge in [-0.2, -0.15) is 11.6 Å². The first-order chi connectivity index (χ1) is 19.4. The van der Waals surface area contributed by atoms with Crippen molar-refractivity contribution in [1.29, 1.82) is 0 Å². The van der Waals surface area contributed by atoms with Gasteiger partial charge in [-0.1, -0.05) is 123 Å². The van der Waals surface area contributed by atoms with E-state index in [9.17, 15) is 0 Å². The van der Waals surface area contributed by atoms with Crippen molar-refractivity contribution in [2.24, 2.45) is 11.3 Å². The fourth-order valence-corrected chi connectivity index (χ4v) is 5.86. The van der Waals surface area contributed by atoms with Crippen LogP contribution in [0.15, 0.2) is 90.0 Å². The van der Waals surface area contributed by atoms with Crippen molar-refractivity contribution in [3.8, 4) is 0 Å². The van der Waals surface area contributed by atoms with Crippen molar-refractivity contribution in [3.63, 3.8) is 0 Å². The zero-order valence-electron chi connectivity index (χ0n) is 28.3. The molecule has 4 aromatic carbocycles. The fourth-order valence-electron chi connectivity index (χ4n) is 5.45. The first-order valence-electron chi connectivity index (χ1n) is 15.5. The monoisotopic (exact) mass is 634 g/mol. The van der Waals surface area contributed by atoms with Crippen LogP contribution >= 0.6 is 0 Å². The molecular weight excluding hydrogens is 584 g/mol. The molecule has 0 heterocycles. The summed E-state index contributed by atoms with van der Waals surface area (Å²) in [7, 11) is 0. The third kappa shape index (κ3) is 8.89. The van der Waals surface area contributed by atoms with Crippen molar-refractivity contribution in [3.05, 3.63) is 113 Å². The minimum absolute atomic E-state index is 0.203. The zero-order valence-corrected chi connectivity index (χ0v) is 30.7. The molecule has 0 N–H and O–H groups in total. The van der Waals surface area contributed by atoms with Gasteiger partial charge in [-0.3, -0.25) is 6.08 Å². The second kappa shape index (κ2) is 13.6. The van der Waals surface area contributed by atoms with Crippen LogP contribution in [0.3, 0.4) is 0 Å². The van der Waals surface area contributed by atoms with E-state index >= 15 is 0 Å². The van der Waals surface area contributed by atoms with Gasteiger partial charge >= 0.3 is 76.7 Å². The van der Waals surface area contributed by atoms with Crippen molar-refractivity contribution in [1.82, 2.24) is 0 Å². The van der Waals surface area contributed by atoms with E-state index in [4.69, 9.17) is 0 Å². The van der Waals surface area contributed by atoms with Crippen LogP contribution in [-0.4, -0.2) is 3.21 Å². The molecular formula is C41H52Zr. The molecule has 1 heteroatoms. The Hall–Kier alpha value is -2.24. The Morgan fingerprint density at radius 1 is 0.738 bits per heavy atom. The van der Waals surface area contributed by atoms with Crippen molar-refractivity contribution in [2.75, 3.05) is 0 Å². The number of rotatable bonds is 2.